The van der Waals surface area contributed by atoms with E-state index in [2.05, 4.69) is 10.3 Å². The fourth-order valence-corrected chi connectivity index (χ4v) is 8.23. The largest absolute Gasteiger partial charge is 0.352 e. The van der Waals surface area contributed by atoms with Crippen LogP contribution in [0.3, 0.4) is 0 Å². The summed E-state index contributed by atoms with van der Waals surface area (Å²) < 4.78 is 3.00. The van der Waals surface area contributed by atoms with Crippen LogP contribution in [-0.4, -0.2) is 25.0 Å². The van der Waals surface area contributed by atoms with Gasteiger partial charge in [-0.3, -0.25) is 18.7 Å². The first-order valence-electron chi connectivity index (χ1n) is 14.6. The van der Waals surface area contributed by atoms with Crippen LogP contribution in [0.4, 0.5) is 0 Å². The van der Waals surface area contributed by atoms with E-state index in [1.165, 1.54) is 4.57 Å². The number of benzene rings is 1. The molecule has 1 aromatic carbocycles. The molecule has 9 heteroatoms. The Hall–Kier alpha value is -3.20. The molecular formula is C30H40N6O3. The molecular weight excluding hydrogens is 492 g/mol. The second-order valence-electron chi connectivity index (χ2n) is 12.4. The Labute approximate surface area is 228 Å². The van der Waals surface area contributed by atoms with Gasteiger partial charge in [0.25, 0.3) is 5.56 Å². The van der Waals surface area contributed by atoms with Crippen molar-refractivity contribution in [2.45, 2.75) is 96.8 Å². The van der Waals surface area contributed by atoms with Crippen LogP contribution in [0, 0.1) is 17.3 Å². The molecule has 4 aliphatic rings. The molecule has 2 atom stereocenters. The first-order valence-corrected chi connectivity index (χ1v) is 14.6. The van der Waals surface area contributed by atoms with Gasteiger partial charge in [-0.05, 0) is 74.3 Å². The molecule has 2 unspecified atom stereocenters. The topological polar surface area (TPSA) is 128 Å². The zero-order valence-electron chi connectivity index (χ0n) is 23.1. The van der Waals surface area contributed by atoms with Crippen molar-refractivity contribution in [2.24, 2.45) is 23.0 Å². The minimum atomic E-state index is -0.425. The van der Waals surface area contributed by atoms with Crippen LogP contribution in [0.15, 0.2) is 33.9 Å². The number of carbonyl (C=O) groups is 1. The van der Waals surface area contributed by atoms with Crippen molar-refractivity contribution >= 4 is 17.1 Å². The highest BCUT2D eigenvalue weighted by atomic mass is 16.2. The number of nitrogens with zero attached hydrogens (tertiary/aromatic N) is 3. The second kappa shape index (κ2) is 9.77. The third-order valence-electron chi connectivity index (χ3n) is 9.51. The summed E-state index contributed by atoms with van der Waals surface area (Å²) in [6.45, 7) is 5.89. The lowest BCUT2D eigenvalue weighted by atomic mass is 9.43. The summed E-state index contributed by atoms with van der Waals surface area (Å²) in [5.41, 5.74) is 7.46. The molecule has 4 aliphatic carbocycles. The Morgan fingerprint density at radius 1 is 1.03 bits per heavy atom. The van der Waals surface area contributed by atoms with Gasteiger partial charge in [-0.25, -0.2) is 9.78 Å². The Balaban J connectivity index is 1.34. The van der Waals surface area contributed by atoms with Gasteiger partial charge in [0.05, 0.1) is 5.41 Å². The average Bonchev–Trinajstić information content (AvgIpc) is 3.38. The van der Waals surface area contributed by atoms with Crippen LogP contribution in [0.2, 0.25) is 0 Å². The predicted molar refractivity (Wildman–Crippen MR) is 150 cm³/mol. The van der Waals surface area contributed by atoms with Gasteiger partial charge in [0, 0.05) is 31.6 Å². The van der Waals surface area contributed by atoms with Crippen molar-refractivity contribution in [1.82, 2.24) is 24.4 Å². The maximum absolute atomic E-state index is 13.8. The zero-order chi connectivity index (χ0) is 27.4. The van der Waals surface area contributed by atoms with Gasteiger partial charge in [-0.15, -0.1) is 0 Å². The molecule has 1 amide bonds. The maximum Gasteiger partial charge on any atom is 0.332 e. The van der Waals surface area contributed by atoms with E-state index in [0.29, 0.717) is 55.6 Å². The van der Waals surface area contributed by atoms with E-state index in [-0.39, 0.29) is 22.6 Å². The number of H-pyrrole nitrogens is 1. The zero-order valence-corrected chi connectivity index (χ0v) is 23.1. The number of rotatable bonds is 9. The van der Waals surface area contributed by atoms with Gasteiger partial charge in [0.2, 0.25) is 5.91 Å². The third kappa shape index (κ3) is 4.26. The van der Waals surface area contributed by atoms with Crippen LogP contribution >= 0.6 is 0 Å². The minimum Gasteiger partial charge on any atom is -0.352 e. The van der Waals surface area contributed by atoms with E-state index >= 15 is 0 Å². The monoisotopic (exact) mass is 532 g/mol. The fourth-order valence-electron chi connectivity index (χ4n) is 8.23. The first-order chi connectivity index (χ1) is 18.8. The molecule has 4 bridgehead atoms. The van der Waals surface area contributed by atoms with Crippen LogP contribution in [0.5, 0.6) is 0 Å². The number of aryl methyl sites for hydroxylation is 1. The number of nitrogens with two attached hydrogens (primary N) is 1. The predicted octanol–water partition coefficient (Wildman–Crippen LogP) is 3.32. The quantitative estimate of drug-likeness (QED) is 0.390. The molecule has 208 valence electrons. The molecule has 4 N–H and O–H groups in total. The number of aromatic amines is 1. The van der Waals surface area contributed by atoms with Crippen LogP contribution in [-0.2, 0) is 36.4 Å². The fraction of sp³-hybridized carbons (Fsp3) is 0.600. The summed E-state index contributed by atoms with van der Waals surface area (Å²) in [6, 6.07) is 8.07. The molecule has 2 heterocycles. The van der Waals surface area contributed by atoms with Crippen molar-refractivity contribution in [2.75, 3.05) is 0 Å². The summed E-state index contributed by atoms with van der Waals surface area (Å²) >= 11 is 0. The Morgan fingerprint density at radius 3 is 2.31 bits per heavy atom. The van der Waals surface area contributed by atoms with Gasteiger partial charge in [-0.1, -0.05) is 38.1 Å². The summed E-state index contributed by atoms with van der Waals surface area (Å²) in [4.78, 5) is 48.8. The molecule has 39 heavy (non-hydrogen) atoms. The van der Waals surface area contributed by atoms with Crippen molar-refractivity contribution in [1.29, 1.82) is 0 Å². The van der Waals surface area contributed by atoms with E-state index in [1.54, 1.807) is 4.57 Å². The van der Waals surface area contributed by atoms with E-state index < -0.39 is 5.41 Å². The molecule has 0 saturated heterocycles. The van der Waals surface area contributed by atoms with Gasteiger partial charge < -0.3 is 16.0 Å². The first kappa shape index (κ1) is 26.0. The summed E-state index contributed by atoms with van der Waals surface area (Å²) in [7, 11) is 0. The number of hydrogen-bond acceptors (Lipinski definition) is 5. The molecule has 0 aliphatic heterocycles. The highest BCUT2D eigenvalue weighted by molar-refractivity contribution is 5.83. The Morgan fingerprint density at radius 2 is 1.67 bits per heavy atom. The van der Waals surface area contributed by atoms with Crippen LogP contribution in [0.25, 0.3) is 11.2 Å². The van der Waals surface area contributed by atoms with Crippen molar-refractivity contribution < 1.29 is 4.79 Å². The molecule has 4 fully saturated rings. The Bertz CT molecular complexity index is 1500. The van der Waals surface area contributed by atoms with Gasteiger partial charge in [0.15, 0.2) is 5.65 Å². The van der Waals surface area contributed by atoms with Crippen molar-refractivity contribution in [3.63, 3.8) is 0 Å². The van der Waals surface area contributed by atoms with E-state index in [0.717, 1.165) is 61.9 Å². The van der Waals surface area contributed by atoms with Crippen LogP contribution in [0.1, 0.15) is 82.2 Å². The summed E-state index contributed by atoms with van der Waals surface area (Å²) in [5, 5.41) is 3.25. The number of fused-ring (bicyclic) bond motifs is 1. The molecule has 2 aromatic heterocycles. The SMILES string of the molecule is CCCn1c(=O)c2[nH]c(C34CC5CC(CC(C(=O)NCc6ccc(CN)cc6)(C5)C3)C4)nc2n(CCC)c1=O. The highest BCUT2D eigenvalue weighted by Crippen LogP contribution is 2.65. The van der Waals surface area contributed by atoms with Gasteiger partial charge in [-0.2, -0.15) is 0 Å². The summed E-state index contributed by atoms with van der Waals surface area (Å²) in [5.74, 6) is 1.84. The van der Waals surface area contributed by atoms with E-state index in [1.807, 2.05) is 38.1 Å². The maximum atomic E-state index is 13.8. The smallest absolute Gasteiger partial charge is 0.332 e. The number of aromatic nitrogens is 4. The molecule has 4 saturated carbocycles. The normalized spacial score (nSPS) is 27.4. The lowest BCUT2D eigenvalue weighted by Crippen LogP contribution is -2.59. The lowest BCUT2D eigenvalue weighted by Gasteiger charge is -2.60. The van der Waals surface area contributed by atoms with Gasteiger partial charge in [0.1, 0.15) is 11.3 Å². The summed E-state index contributed by atoms with van der Waals surface area (Å²) in [6.07, 6.45) is 7.12. The minimum absolute atomic E-state index is 0.133. The van der Waals surface area contributed by atoms with Crippen molar-refractivity contribution in [3.8, 4) is 0 Å². The van der Waals surface area contributed by atoms with Crippen LogP contribution < -0.4 is 22.3 Å². The van der Waals surface area contributed by atoms with E-state index in [9.17, 15) is 14.4 Å². The standard InChI is InChI=1S/C30H40N6O3/c1-3-9-35-24-23(25(37)36(10-4-2)28(35)39)33-26(34-24)29-12-21-11-22(13-29)15-30(14-21,18-29)27(38)32-17-20-7-5-19(16-31)6-8-20/h5-8,21-22H,3-4,9-18,31H2,1-2H3,(H,32,38)(H,33,34). The molecule has 7 rings (SSSR count). The second-order valence-corrected chi connectivity index (χ2v) is 12.4. The van der Waals surface area contributed by atoms with E-state index in [4.69, 9.17) is 10.7 Å². The van der Waals surface area contributed by atoms with Crippen molar-refractivity contribution in [3.05, 3.63) is 62.1 Å². The molecule has 0 radical (unpaired) electrons. The lowest BCUT2D eigenvalue weighted by molar-refractivity contribution is -0.149. The average molecular weight is 533 g/mol. The molecule has 3 aromatic rings. The highest BCUT2D eigenvalue weighted by Gasteiger charge is 2.62. The number of amides is 1. The molecule has 0 spiro atoms. The Kier molecular flexibility index (Phi) is 6.52. The number of hydrogen-bond donors (Lipinski definition) is 3. The number of imidazole rings is 1. The third-order valence-corrected chi connectivity index (χ3v) is 9.51. The molecule has 9 nitrogen and oxygen atoms in total. The number of nitrogens with one attached hydrogen (secondary N) is 2. The number of carbonyl (C=O) groups excluding carboxylic acids is 1. The van der Waals surface area contributed by atoms with Gasteiger partial charge >= 0.3 is 5.69 Å².